The first-order valence-corrected chi connectivity index (χ1v) is 7.09. The van der Waals surface area contributed by atoms with Gasteiger partial charge in [0.15, 0.2) is 5.82 Å². The number of rotatable bonds is 1. The third-order valence-corrected chi connectivity index (χ3v) is 4.32. The molecule has 1 N–H and O–H groups in total. The molecule has 3 rings (SSSR count). The third kappa shape index (κ3) is 2.06. The number of carbonyl (C=O) groups excluding carboxylic acids is 1. The number of piperidine rings is 1. The van der Waals surface area contributed by atoms with Crippen LogP contribution >= 0.6 is 11.6 Å². The maximum atomic E-state index is 12.2. The van der Waals surface area contributed by atoms with Gasteiger partial charge in [-0.15, -0.1) is 0 Å². The molecule has 2 unspecified atom stereocenters. The molecule has 2 aliphatic rings. The molecule has 0 saturated carbocycles. The maximum absolute atomic E-state index is 12.2. The van der Waals surface area contributed by atoms with Crippen molar-refractivity contribution in [2.45, 2.75) is 39.2 Å². The van der Waals surface area contributed by atoms with E-state index in [1.54, 1.807) is 0 Å². The highest BCUT2D eigenvalue weighted by Crippen LogP contribution is 2.38. The van der Waals surface area contributed by atoms with Crippen molar-refractivity contribution in [1.82, 2.24) is 9.97 Å². The Morgan fingerprint density at radius 2 is 2.26 bits per heavy atom. The van der Waals surface area contributed by atoms with Crippen molar-refractivity contribution in [1.29, 1.82) is 0 Å². The van der Waals surface area contributed by atoms with Crippen molar-refractivity contribution < 1.29 is 4.79 Å². The van der Waals surface area contributed by atoms with Crippen LogP contribution in [-0.4, -0.2) is 28.5 Å². The summed E-state index contributed by atoms with van der Waals surface area (Å²) in [6, 6.07) is -0.114. The molecule has 2 atom stereocenters. The van der Waals surface area contributed by atoms with Crippen LogP contribution in [0.5, 0.6) is 0 Å². The summed E-state index contributed by atoms with van der Waals surface area (Å²) < 4.78 is 0. The summed E-state index contributed by atoms with van der Waals surface area (Å²) >= 11 is 5.94. The number of aryl methyl sites for hydroxylation is 1. The van der Waals surface area contributed by atoms with Gasteiger partial charge in [-0.1, -0.05) is 13.3 Å². The first-order valence-electron chi connectivity index (χ1n) is 6.71. The largest absolute Gasteiger partial charge is 0.343 e. The number of amides is 1. The Labute approximate surface area is 117 Å². The lowest BCUT2D eigenvalue weighted by Crippen LogP contribution is -2.53. The molecular formula is C13H17ClN4O. The van der Waals surface area contributed by atoms with Crippen LogP contribution < -0.4 is 10.2 Å². The van der Waals surface area contributed by atoms with Gasteiger partial charge in [0.05, 0.1) is 5.69 Å². The number of anilines is 2. The zero-order valence-corrected chi connectivity index (χ0v) is 11.9. The zero-order valence-electron chi connectivity index (χ0n) is 11.1. The smallest absolute Gasteiger partial charge is 0.247 e. The standard InChI is InChI=1S/C13H17ClN4O/c1-3-8-4-5-18-9(6-8)12(19)16-10-7(2)15-13(14)17-11(10)18/h8-9H,3-6H2,1-2H3,(H,16,19). The number of fused-ring (bicyclic) bond motifs is 3. The molecule has 1 fully saturated rings. The van der Waals surface area contributed by atoms with Crippen molar-refractivity contribution in [3.63, 3.8) is 0 Å². The van der Waals surface area contributed by atoms with Crippen molar-refractivity contribution in [3.8, 4) is 0 Å². The van der Waals surface area contributed by atoms with E-state index >= 15 is 0 Å². The fourth-order valence-electron chi connectivity index (χ4n) is 3.00. The molecule has 0 spiro atoms. The fraction of sp³-hybridized carbons (Fsp3) is 0.615. The molecule has 5 nitrogen and oxygen atoms in total. The Bertz CT molecular complexity index is 534. The predicted octanol–water partition coefficient (Wildman–Crippen LogP) is 2.39. The topological polar surface area (TPSA) is 58.1 Å². The molecule has 1 aromatic heterocycles. The van der Waals surface area contributed by atoms with Crippen LogP contribution in [0.15, 0.2) is 0 Å². The molecule has 0 bridgehead atoms. The van der Waals surface area contributed by atoms with Gasteiger partial charge in [0.1, 0.15) is 11.7 Å². The van der Waals surface area contributed by atoms with E-state index in [0.29, 0.717) is 11.6 Å². The number of nitrogens with one attached hydrogen (secondary N) is 1. The highest BCUT2D eigenvalue weighted by atomic mass is 35.5. The average Bonchev–Trinajstić information content (AvgIpc) is 2.40. The molecule has 19 heavy (non-hydrogen) atoms. The number of hydrogen-bond donors (Lipinski definition) is 1. The summed E-state index contributed by atoms with van der Waals surface area (Å²) in [6.45, 7) is 4.88. The summed E-state index contributed by atoms with van der Waals surface area (Å²) in [6.07, 6.45) is 3.11. The summed E-state index contributed by atoms with van der Waals surface area (Å²) in [4.78, 5) is 22.7. The monoisotopic (exact) mass is 280 g/mol. The van der Waals surface area contributed by atoms with E-state index in [1.165, 1.54) is 0 Å². The molecule has 0 aliphatic carbocycles. The number of carbonyl (C=O) groups is 1. The van der Waals surface area contributed by atoms with E-state index in [9.17, 15) is 4.79 Å². The minimum Gasteiger partial charge on any atom is -0.343 e. The zero-order chi connectivity index (χ0) is 13.6. The van der Waals surface area contributed by atoms with Gasteiger partial charge >= 0.3 is 0 Å². The van der Waals surface area contributed by atoms with E-state index in [4.69, 9.17) is 11.6 Å². The second-order valence-electron chi connectivity index (χ2n) is 5.27. The second-order valence-corrected chi connectivity index (χ2v) is 5.61. The summed E-state index contributed by atoms with van der Waals surface area (Å²) in [5.74, 6) is 1.45. The van der Waals surface area contributed by atoms with Gasteiger partial charge in [0.2, 0.25) is 11.2 Å². The molecule has 6 heteroatoms. The van der Waals surface area contributed by atoms with Crippen LogP contribution in [0.3, 0.4) is 0 Å². The molecule has 0 radical (unpaired) electrons. The number of aromatic nitrogens is 2. The van der Waals surface area contributed by atoms with Crippen LogP contribution in [0.1, 0.15) is 31.9 Å². The van der Waals surface area contributed by atoms with Gasteiger partial charge < -0.3 is 10.2 Å². The van der Waals surface area contributed by atoms with E-state index in [-0.39, 0.29) is 17.2 Å². The van der Waals surface area contributed by atoms with Crippen molar-refractivity contribution in [2.75, 3.05) is 16.8 Å². The van der Waals surface area contributed by atoms with Crippen molar-refractivity contribution in [3.05, 3.63) is 11.0 Å². The number of nitrogens with zero attached hydrogens (tertiary/aromatic N) is 3. The predicted molar refractivity (Wildman–Crippen MR) is 74.6 cm³/mol. The van der Waals surface area contributed by atoms with Gasteiger partial charge in [-0.25, -0.2) is 4.98 Å². The summed E-state index contributed by atoms with van der Waals surface area (Å²) in [5, 5.41) is 3.17. The van der Waals surface area contributed by atoms with Gasteiger partial charge in [-0.05, 0) is 37.3 Å². The summed E-state index contributed by atoms with van der Waals surface area (Å²) in [7, 11) is 0. The third-order valence-electron chi connectivity index (χ3n) is 4.15. The fourth-order valence-corrected chi connectivity index (χ4v) is 3.20. The van der Waals surface area contributed by atoms with Crippen LogP contribution in [0.25, 0.3) is 0 Å². The molecule has 2 aliphatic heterocycles. The van der Waals surface area contributed by atoms with E-state index < -0.39 is 0 Å². The lowest BCUT2D eigenvalue weighted by molar-refractivity contribution is -0.118. The van der Waals surface area contributed by atoms with Gasteiger partial charge in [0.25, 0.3) is 0 Å². The Morgan fingerprint density at radius 1 is 1.47 bits per heavy atom. The number of hydrogen-bond acceptors (Lipinski definition) is 4. The second kappa shape index (κ2) is 4.63. The van der Waals surface area contributed by atoms with Gasteiger partial charge in [-0.3, -0.25) is 4.79 Å². The number of halogens is 1. The van der Waals surface area contributed by atoms with Gasteiger partial charge in [0, 0.05) is 6.54 Å². The first-order chi connectivity index (χ1) is 9.10. The van der Waals surface area contributed by atoms with E-state index in [1.807, 2.05) is 6.92 Å². The molecule has 0 aromatic carbocycles. The molecule has 1 aromatic rings. The lowest BCUT2D eigenvalue weighted by Gasteiger charge is -2.42. The van der Waals surface area contributed by atoms with Crippen LogP contribution in [0, 0.1) is 12.8 Å². The average molecular weight is 281 g/mol. The molecular weight excluding hydrogens is 264 g/mol. The van der Waals surface area contributed by atoms with Crippen LogP contribution in [-0.2, 0) is 4.79 Å². The molecule has 1 amide bonds. The highest BCUT2D eigenvalue weighted by molar-refractivity contribution is 6.28. The Kier molecular flexibility index (Phi) is 3.09. The molecule has 1 saturated heterocycles. The van der Waals surface area contributed by atoms with Crippen molar-refractivity contribution in [2.24, 2.45) is 5.92 Å². The normalized spacial score (nSPS) is 25.6. The first kappa shape index (κ1) is 12.7. The van der Waals surface area contributed by atoms with Crippen molar-refractivity contribution >= 4 is 29.0 Å². The van der Waals surface area contributed by atoms with Gasteiger partial charge in [-0.2, -0.15) is 4.98 Å². The Balaban J connectivity index is 2.02. The molecule has 3 heterocycles. The Morgan fingerprint density at radius 3 is 3.00 bits per heavy atom. The van der Waals surface area contributed by atoms with E-state index in [0.717, 1.165) is 37.3 Å². The quantitative estimate of drug-likeness (QED) is 0.803. The lowest BCUT2D eigenvalue weighted by atomic mass is 9.87. The SMILES string of the molecule is CCC1CCN2c3nc(Cl)nc(C)c3NC(=O)C2C1. The van der Waals surface area contributed by atoms with Crippen LogP contribution in [0.4, 0.5) is 11.5 Å². The minimum absolute atomic E-state index is 0.0553. The molecule has 102 valence electrons. The maximum Gasteiger partial charge on any atom is 0.247 e. The Hall–Kier alpha value is -1.36. The summed E-state index contributed by atoms with van der Waals surface area (Å²) in [5.41, 5.74) is 1.43. The highest BCUT2D eigenvalue weighted by Gasteiger charge is 2.39. The minimum atomic E-state index is -0.114. The van der Waals surface area contributed by atoms with Crippen LogP contribution in [0.2, 0.25) is 5.28 Å². The van der Waals surface area contributed by atoms with E-state index in [2.05, 4.69) is 27.1 Å².